The van der Waals surface area contributed by atoms with Gasteiger partial charge in [-0.05, 0) is 23.6 Å². The summed E-state index contributed by atoms with van der Waals surface area (Å²) in [6, 6.07) is 6.91. The summed E-state index contributed by atoms with van der Waals surface area (Å²) < 4.78 is 27.5. The Balaban J connectivity index is 1.72. The van der Waals surface area contributed by atoms with Gasteiger partial charge in [-0.25, -0.2) is 18.4 Å². The molecule has 1 aliphatic heterocycles. The van der Waals surface area contributed by atoms with Crippen molar-refractivity contribution in [2.75, 3.05) is 35.8 Å². The number of anilines is 2. The minimum atomic E-state index is -3.65. The molecule has 2 heterocycles. The lowest BCUT2D eigenvalue weighted by Crippen LogP contribution is -2.44. The zero-order valence-corrected chi connectivity index (χ0v) is 15.3. The summed E-state index contributed by atoms with van der Waals surface area (Å²) in [5.74, 6) is 0.973. The zero-order valence-electron chi connectivity index (χ0n) is 14.4. The number of hydrogen-bond acceptors (Lipinski definition) is 6. The number of aromatic nitrogens is 2. The molecular formula is C17H23N5O2S. The molecule has 25 heavy (non-hydrogen) atoms. The maximum absolute atomic E-state index is 12.5. The molecule has 1 aromatic heterocycles. The van der Waals surface area contributed by atoms with Crippen LogP contribution in [0.4, 0.5) is 11.6 Å². The first kappa shape index (κ1) is 17.6. The molecule has 0 atom stereocenters. The minimum Gasteiger partial charge on any atom is -0.338 e. The van der Waals surface area contributed by atoms with Gasteiger partial charge in [-0.2, -0.15) is 0 Å². The Morgan fingerprint density at radius 1 is 1.08 bits per heavy atom. The van der Waals surface area contributed by atoms with E-state index in [4.69, 9.17) is 0 Å². The largest absolute Gasteiger partial charge is 0.338 e. The van der Waals surface area contributed by atoms with Gasteiger partial charge < -0.3 is 10.2 Å². The molecule has 1 aromatic carbocycles. The van der Waals surface area contributed by atoms with Crippen LogP contribution in [0.2, 0.25) is 0 Å². The van der Waals surface area contributed by atoms with Crippen LogP contribution in [0, 0.1) is 0 Å². The van der Waals surface area contributed by atoms with Crippen LogP contribution in [0.25, 0.3) is 0 Å². The molecule has 3 rings (SSSR count). The third-order valence-corrected chi connectivity index (χ3v) is 5.54. The van der Waals surface area contributed by atoms with E-state index in [1.165, 1.54) is 12.4 Å². The first-order valence-corrected chi connectivity index (χ1v) is 9.84. The Kier molecular flexibility index (Phi) is 5.19. The second kappa shape index (κ2) is 7.37. The van der Waals surface area contributed by atoms with Crippen molar-refractivity contribution in [3.05, 3.63) is 42.2 Å². The van der Waals surface area contributed by atoms with Crippen LogP contribution >= 0.6 is 0 Å². The summed E-state index contributed by atoms with van der Waals surface area (Å²) in [4.78, 5) is 10.8. The molecular weight excluding hydrogens is 338 g/mol. The fourth-order valence-electron chi connectivity index (χ4n) is 2.65. The monoisotopic (exact) mass is 361 g/mol. The lowest BCUT2D eigenvalue weighted by Gasteiger charge is -2.27. The van der Waals surface area contributed by atoms with E-state index in [0.29, 0.717) is 17.6 Å². The smallest absolute Gasteiger partial charge is 0.261 e. The second-order valence-electron chi connectivity index (χ2n) is 6.34. The maximum Gasteiger partial charge on any atom is 0.261 e. The van der Waals surface area contributed by atoms with Crippen molar-refractivity contribution in [3.8, 4) is 0 Å². The van der Waals surface area contributed by atoms with E-state index in [2.05, 4.69) is 38.8 Å². The molecule has 8 heteroatoms. The highest BCUT2D eigenvalue weighted by molar-refractivity contribution is 7.92. The SMILES string of the molecule is CC(C)c1ccc(S(=O)(=O)Nc2cnc(N3CCNCC3)nc2)cc1. The van der Waals surface area contributed by atoms with E-state index < -0.39 is 10.0 Å². The molecule has 0 aliphatic carbocycles. The van der Waals surface area contributed by atoms with Crippen LogP contribution in [0.15, 0.2) is 41.6 Å². The summed E-state index contributed by atoms with van der Waals surface area (Å²) in [5.41, 5.74) is 1.45. The predicted octanol–water partition coefficient (Wildman–Crippen LogP) is 1.81. The van der Waals surface area contributed by atoms with Gasteiger partial charge in [-0.1, -0.05) is 26.0 Å². The first-order valence-electron chi connectivity index (χ1n) is 8.36. The number of piperazine rings is 1. The van der Waals surface area contributed by atoms with Crippen molar-refractivity contribution in [1.29, 1.82) is 0 Å². The third-order valence-electron chi connectivity index (χ3n) is 4.15. The van der Waals surface area contributed by atoms with Crippen LogP contribution < -0.4 is 14.9 Å². The van der Waals surface area contributed by atoms with Crippen molar-refractivity contribution in [1.82, 2.24) is 15.3 Å². The number of rotatable bonds is 5. The van der Waals surface area contributed by atoms with Crippen molar-refractivity contribution < 1.29 is 8.42 Å². The van der Waals surface area contributed by atoms with Gasteiger partial charge in [0.05, 0.1) is 23.0 Å². The fraction of sp³-hybridized carbons (Fsp3) is 0.412. The number of nitrogens with zero attached hydrogens (tertiary/aromatic N) is 3. The summed E-state index contributed by atoms with van der Waals surface area (Å²) in [6.45, 7) is 7.60. The van der Waals surface area contributed by atoms with Crippen LogP contribution in [0.3, 0.4) is 0 Å². The zero-order chi connectivity index (χ0) is 17.9. The average Bonchev–Trinajstić information content (AvgIpc) is 2.63. The van der Waals surface area contributed by atoms with E-state index in [-0.39, 0.29) is 4.90 Å². The fourth-order valence-corrected chi connectivity index (χ4v) is 3.68. The number of hydrogen-bond donors (Lipinski definition) is 2. The normalized spacial score (nSPS) is 15.4. The predicted molar refractivity (Wildman–Crippen MR) is 98.5 cm³/mol. The topological polar surface area (TPSA) is 87.2 Å². The van der Waals surface area contributed by atoms with Gasteiger partial charge >= 0.3 is 0 Å². The van der Waals surface area contributed by atoms with E-state index in [9.17, 15) is 8.42 Å². The quantitative estimate of drug-likeness (QED) is 0.845. The highest BCUT2D eigenvalue weighted by atomic mass is 32.2. The van der Waals surface area contributed by atoms with E-state index in [0.717, 1.165) is 31.7 Å². The molecule has 1 saturated heterocycles. The highest BCUT2D eigenvalue weighted by Crippen LogP contribution is 2.20. The maximum atomic E-state index is 12.5. The van der Waals surface area contributed by atoms with E-state index in [1.807, 2.05) is 12.1 Å². The summed E-state index contributed by atoms with van der Waals surface area (Å²) >= 11 is 0. The average molecular weight is 361 g/mol. The Hall–Kier alpha value is -2.19. The third kappa shape index (κ3) is 4.26. The molecule has 2 aromatic rings. The molecule has 7 nitrogen and oxygen atoms in total. The molecule has 1 fully saturated rings. The molecule has 134 valence electrons. The number of benzene rings is 1. The van der Waals surface area contributed by atoms with Gasteiger partial charge in [0.15, 0.2) is 0 Å². The molecule has 1 aliphatic rings. The minimum absolute atomic E-state index is 0.225. The van der Waals surface area contributed by atoms with Gasteiger partial charge in [0.1, 0.15) is 0 Å². The second-order valence-corrected chi connectivity index (χ2v) is 8.02. The highest BCUT2D eigenvalue weighted by Gasteiger charge is 2.16. The van der Waals surface area contributed by atoms with E-state index in [1.54, 1.807) is 12.1 Å². The van der Waals surface area contributed by atoms with Crippen molar-refractivity contribution in [2.45, 2.75) is 24.7 Å². The van der Waals surface area contributed by atoms with Crippen LogP contribution in [-0.2, 0) is 10.0 Å². The van der Waals surface area contributed by atoms with Crippen molar-refractivity contribution in [2.24, 2.45) is 0 Å². The Morgan fingerprint density at radius 3 is 2.24 bits per heavy atom. The van der Waals surface area contributed by atoms with Crippen LogP contribution in [0.1, 0.15) is 25.3 Å². The molecule has 0 spiro atoms. The molecule has 0 bridgehead atoms. The van der Waals surface area contributed by atoms with Gasteiger partial charge in [0.2, 0.25) is 5.95 Å². The summed E-state index contributed by atoms with van der Waals surface area (Å²) in [7, 11) is -3.65. The number of nitrogens with one attached hydrogen (secondary N) is 2. The molecule has 2 N–H and O–H groups in total. The Labute approximate surface area is 148 Å². The van der Waals surface area contributed by atoms with Gasteiger partial charge in [0.25, 0.3) is 10.0 Å². The summed E-state index contributed by atoms with van der Waals surface area (Å²) in [5, 5.41) is 3.27. The Bertz CT molecular complexity index is 798. The standard InChI is InChI=1S/C17H23N5O2S/c1-13(2)14-3-5-16(6-4-14)25(23,24)21-15-11-19-17(20-12-15)22-9-7-18-8-10-22/h3-6,11-13,18,21H,7-10H2,1-2H3. The lowest BCUT2D eigenvalue weighted by atomic mass is 10.0. The van der Waals surface area contributed by atoms with Gasteiger partial charge in [-0.15, -0.1) is 0 Å². The molecule has 0 saturated carbocycles. The Morgan fingerprint density at radius 2 is 1.68 bits per heavy atom. The lowest BCUT2D eigenvalue weighted by molar-refractivity contribution is 0.580. The van der Waals surface area contributed by atoms with E-state index >= 15 is 0 Å². The number of sulfonamides is 1. The molecule has 0 amide bonds. The van der Waals surface area contributed by atoms with Crippen molar-refractivity contribution >= 4 is 21.7 Å². The van der Waals surface area contributed by atoms with Gasteiger partial charge in [-0.3, -0.25) is 4.72 Å². The van der Waals surface area contributed by atoms with Crippen molar-refractivity contribution in [3.63, 3.8) is 0 Å². The van der Waals surface area contributed by atoms with Crippen LogP contribution in [0.5, 0.6) is 0 Å². The molecule has 0 radical (unpaired) electrons. The molecule has 0 unspecified atom stereocenters. The van der Waals surface area contributed by atoms with Crippen LogP contribution in [-0.4, -0.2) is 44.6 Å². The van der Waals surface area contributed by atoms with Gasteiger partial charge in [0, 0.05) is 26.2 Å². The summed E-state index contributed by atoms with van der Waals surface area (Å²) in [6.07, 6.45) is 3.01. The first-order chi connectivity index (χ1) is 12.0.